The highest BCUT2D eigenvalue weighted by Gasteiger charge is 2.77. The van der Waals surface area contributed by atoms with E-state index in [0.29, 0.717) is 11.5 Å². The number of fused-ring (bicyclic) bond motifs is 5. The average molecular weight is 431 g/mol. The molecule has 6 heteroatoms. The lowest BCUT2D eigenvalue weighted by atomic mass is 9.52. The highest BCUT2D eigenvalue weighted by molar-refractivity contribution is 5.99. The van der Waals surface area contributed by atoms with Crippen molar-refractivity contribution in [3.05, 3.63) is 22.8 Å². The summed E-state index contributed by atoms with van der Waals surface area (Å²) in [5.41, 5.74) is -0.552. The summed E-state index contributed by atoms with van der Waals surface area (Å²) in [4.78, 5) is 13.2. The Kier molecular flexibility index (Phi) is 3.91. The second kappa shape index (κ2) is 5.89. The predicted molar refractivity (Wildman–Crippen MR) is 112 cm³/mol. The largest absolute Gasteiger partial charge is 0.385 e. The molecule has 0 radical (unpaired) electrons. The molecule has 4 aliphatic carbocycles. The fourth-order valence-electron chi connectivity index (χ4n) is 8.18. The first-order chi connectivity index (χ1) is 14.5. The summed E-state index contributed by atoms with van der Waals surface area (Å²) >= 11 is 0. The van der Waals surface area contributed by atoms with Crippen LogP contribution in [0.3, 0.4) is 0 Å². The van der Waals surface area contributed by atoms with Crippen molar-refractivity contribution in [3.8, 4) is 0 Å². The van der Waals surface area contributed by atoms with Crippen LogP contribution in [0.5, 0.6) is 0 Å². The molecule has 0 amide bonds. The van der Waals surface area contributed by atoms with Crippen molar-refractivity contribution in [1.29, 1.82) is 0 Å². The van der Waals surface area contributed by atoms with E-state index in [9.17, 15) is 20.1 Å². The van der Waals surface area contributed by atoms with E-state index in [2.05, 4.69) is 27.7 Å². The number of aliphatic hydroxyl groups is 3. The fraction of sp³-hybridized carbons (Fsp3) is 0.800. The van der Waals surface area contributed by atoms with Crippen LogP contribution in [-0.2, 0) is 14.3 Å². The Morgan fingerprint density at radius 3 is 2.61 bits per heavy atom. The minimum Gasteiger partial charge on any atom is -0.385 e. The number of allylic oxidation sites excluding steroid dienone is 3. The molecular weight excluding hydrogens is 396 g/mol. The minimum atomic E-state index is -2.12. The van der Waals surface area contributed by atoms with Gasteiger partial charge >= 0.3 is 0 Å². The zero-order valence-corrected chi connectivity index (χ0v) is 18.9. The second-order valence-electron chi connectivity index (χ2n) is 11.8. The first-order valence-corrected chi connectivity index (χ1v) is 11.9. The standard InChI is InChI=1S/C25H34O6/c1-12(2)13-7-8-22(3)9-10-23(4)15(16(13)22)6-5-14-17-19(23)31-21-25(17,29)20(27)24(28,11-30-21)18(14)26/h5,12,15,17-19,21,26,28-29H,6-11H2,1-4H3. The van der Waals surface area contributed by atoms with Gasteiger partial charge < -0.3 is 24.8 Å². The molecule has 170 valence electrons. The van der Waals surface area contributed by atoms with Gasteiger partial charge in [-0.3, -0.25) is 4.79 Å². The van der Waals surface area contributed by atoms with Crippen molar-refractivity contribution in [1.82, 2.24) is 0 Å². The van der Waals surface area contributed by atoms with E-state index in [1.54, 1.807) is 5.57 Å². The van der Waals surface area contributed by atoms with E-state index in [-0.39, 0.29) is 23.4 Å². The van der Waals surface area contributed by atoms with Gasteiger partial charge in [0.2, 0.25) is 5.78 Å². The van der Waals surface area contributed by atoms with E-state index in [4.69, 9.17) is 9.47 Å². The lowest BCUT2D eigenvalue weighted by molar-refractivity contribution is -0.271. The van der Waals surface area contributed by atoms with Crippen molar-refractivity contribution in [2.45, 2.75) is 89.5 Å². The van der Waals surface area contributed by atoms with Crippen molar-refractivity contribution in [2.24, 2.45) is 28.6 Å². The molecule has 6 rings (SSSR count). The predicted octanol–water partition coefficient (Wildman–Crippen LogP) is 2.26. The van der Waals surface area contributed by atoms with E-state index in [1.165, 1.54) is 12.0 Å². The van der Waals surface area contributed by atoms with Crippen molar-refractivity contribution in [3.63, 3.8) is 0 Å². The molecule has 3 N–H and O–H groups in total. The molecule has 6 aliphatic rings. The molecule has 2 saturated carbocycles. The van der Waals surface area contributed by atoms with Gasteiger partial charge in [0, 0.05) is 5.41 Å². The van der Waals surface area contributed by atoms with E-state index in [1.807, 2.05) is 6.08 Å². The number of Topliss-reactive ketones (excluding diaryl/α,β-unsaturated/α-hetero) is 1. The summed E-state index contributed by atoms with van der Waals surface area (Å²) in [6.07, 6.45) is 4.08. The van der Waals surface area contributed by atoms with E-state index in [0.717, 1.165) is 25.7 Å². The van der Waals surface area contributed by atoms with Crippen LogP contribution >= 0.6 is 0 Å². The monoisotopic (exact) mass is 430 g/mol. The van der Waals surface area contributed by atoms with Gasteiger partial charge in [0.05, 0.1) is 18.6 Å². The van der Waals surface area contributed by atoms with Crippen LogP contribution in [0.4, 0.5) is 0 Å². The number of hydrogen-bond acceptors (Lipinski definition) is 6. The molecule has 9 unspecified atom stereocenters. The summed E-state index contributed by atoms with van der Waals surface area (Å²) in [5, 5.41) is 33.8. The summed E-state index contributed by atoms with van der Waals surface area (Å²) < 4.78 is 12.1. The number of hydrogen-bond donors (Lipinski definition) is 3. The maximum Gasteiger partial charge on any atom is 0.207 e. The van der Waals surface area contributed by atoms with Gasteiger partial charge in [0.25, 0.3) is 0 Å². The van der Waals surface area contributed by atoms with Gasteiger partial charge in [-0.25, -0.2) is 0 Å². The fourth-order valence-corrected chi connectivity index (χ4v) is 8.18. The maximum atomic E-state index is 13.2. The van der Waals surface area contributed by atoms with Gasteiger partial charge in [0.1, 0.15) is 6.10 Å². The molecule has 0 aromatic rings. The van der Waals surface area contributed by atoms with Crippen LogP contribution in [-0.4, -0.2) is 57.4 Å². The minimum absolute atomic E-state index is 0.175. The molecule has 31 heavy (non-hydrogen) atoms. The highest BCUT2D eigenvalue weighted by Crippen LogP contribution is 2.67. The molecule has 4 fully saturated rings. The maximum absolute atomic E-state index is 13.2. The highest BCUT2D eigenvalue weighted by atomic mass is 16.7. The number of carbonyl (C=O) groups excluding carboxylic acids is 1. The average Bonchev–Trinajstić information content (AvgIpc) is 3.20. The normalized spacial score (nSPS) is 55.2. The third-order valence-corrected chi connectivity index (χ3v) is 9.98. The smallest absolute Gasteiger partial charge is 0.207 e. The Morgan fingerprint density at radius 1 is 1.16 bits per heavy atom. The zero-order chi connectivity index (χ0) is 22.1. The number of carbonyl (C=O) groups is 1. The topological polar surface area (TPSA) is 96.2 Å². The van der Waals surface area contributed by atoms with Crippen LogP contribution in [0, 0.1) is 28.6 Å². The van der Waals surface area contributed by atoms with Crippen LogP contribution in [0.2, 0.25) is 0 Å². The van der Waals surface area contributed by atoms with Crippen LogP contribution in [0.15, 0.2) is 22.8 Å². The SMILES string of the molecule is CC(C)C1=C2C3CC=C4C(O)C5(O)COC6OC(C4C6(O)C5=O)C3(C)CCC2(C)CC1. The number of ketones is 1. The van der Waals surface area contributed by atoms with Crippen LogP contribution in [0.1, 0.15) is 59.8 Å². The van der Waals surface area contributed by atoms with Crippen molar-refractivity contribution >= 4 is 5.78 Å². The Labute approximate surface area is 183 Å². The lowest BCUT2D eigenvalue weighted by Crippen LogP contribution is -2.75. The molecule has 2 saturated heterocycles. The Morgan fingerprint density at radius 2 is 1.90 bits per heavy atom. The van der Waals surface area contributed by atoms with Gasteiger partial charge in [0.15, 0.2) is 17.5 Å². The Bertz CT molecular complexity index is 936. The number of ether oxygens (including phenoxy) is 2. The molecule has 0 aromatic heterocycles. The number of rotatable bonds is 1. The van der Waals surface area contributed by atoms with Gasteiger partial charge in [-0.15, -0.1) is 0 Å². The molecular formula is C25H34O6. The van der Waals surface area contributed by atoms with Crippen LogP contribution < -0.4 is 0 Å². The number of aliphatic hydroxyl groups excluding tert-OH is 1. The Balaban J connectivity index is 1.56. The first kappa shape index (κ1) is 20.5. The third kappa shape index (κ3) is 2.15. The van der Waals surface area contributed by atoms with Crippen molar-refractivity contribution < 1.29 is 29.6 Å². The van der Waals surface area contributed by atoms with E-state index >= 15 is 0 Å². The second-order valence-corrected chi connectivity index (χ2v) is 11.8. The molecule has 6 nitrogen and oxygen atoms in total. The summed E-state index contributed by atoms with van der Waals surface area (Å²) in [6.45, 7) is 8.80. The molecule has 2 bridgehead atoms. The van der Waals surface area contributed by atoms with Gasteiger partial charge in [-0.1, -0.05) is 44.9 Å². The third-order valence-electron chi connectivity index (χ3n) is 9.98. The van der Waals surface area contributed by atoms with Crippen molar-refractivity contribution in [2.75, 3.05) is 6.61 Å². The zero-order valence-electron chi connectivity index (χ0n) is 18.9. The quantitative estimate of drug-likeness (QED) is 0.553. The summed E-state index contributed by atoms with van der Waals surface area (Å²) in [5.74, 6) is -0.749. The molecule has 9 atom stereocenters. The molecule has 0 spiro atoms. The lowest BCUT2D eigenvalue weighted by Gasteiger charge is -2.53. The molecule has 2 heterocycles. The van der Waals surface area contributed by atoms with Gasteiger partial charge in [-0.2, -0.15) is 0 Å². The molecule has 2 aliphatic heterocycles. The molecule has 0 aromatic carbocycles. The summed E-state index contributed by atoms with van der Waals surface area (Å²) in [6, 6.07) is 0. The van der Waals surface area contributed by atoms with Crippen LogP contribution in [0.25, 0.3) is 0 Å². The first-order valence-electron chi connectivity index (χ1n) is 11.9. The van der Waals surface area contributed by atoms with E-state index < -0.39 is 41.4 Å². The van der Waals surface area contributed by atoms with Gasteiger partial charge in [-0.05, 0) is 54.9 Å². The summed E-state index contributed by atoms with van der Waals surface area (Å²) in [7, 11) is 0. The Hall–Kier alpha value is -1.05.